The van der Waals surface area contributed by atoms with Crippen molar-refractivity contribution in [3.63, 3.8) is 0 Å². The highest BCUT2D eigenvalue weighted by molar-refractivity contribution is 4.54. The normalized spacial score (nSPS) is 23.4. The maximum Gasteiger partial charge on any atom is -0.0533 e. The van der Waals surface area contributed by atoms with Crippen LogP contribution in [0.2, 0.25) is 0 Å². The van der Waals surface area contributed by atoms with E-state index in [2.05, 4.69) is 0 Å². The van der Waals surface area contributed by atoms with E-state index in [1.807, 2.05) is 0 Å². The Hall–Kier alpha value is 0. The third kappa shape index (κ3) is 36.1. The van der Waals surface area contributed by atoms with Crippen molar-refractivity contribution in [2.45, 2.75) is 264 Å². The number of rotatable bonds is 0. The van der Waals surface area contributed by atoms with Gasteiger partial charge in [-0.1, -0.05) is 264 Å². The summed E-state index contributed by atoms with van der Waals surface area (Å²) in [7, 11) is 0. The fraction of sp³-hybridized carbons (Fsp3) is 1.00. The largest absolute Gasteiger partial charge is 0.0776 e. The molecule has 0 atom stereocenters. The van der Waals surface area contributed by atoms with Gasteiger partial charge in [-0.05, 0) is 0 Å². The van der Waals surface area contributed by atoms with Gasteiger partial charge in [0, 0.05) is 0 Å². The van der Waals surface area contributed by atoms with Crippen molar-refractivity contribution in [3.8, 4) is 0 Å². The highest BCUT2D eigenvalue weighted by atomic mass is 14.0. The molecule has 10 rings (SSSR count). The SMILES string of the molecule is C.C1CCC1.C1CCC1.C1CCC1.C1CCC1.C1CCC1.C1CCC1.C1CCC1.C1CCC1.C1CCC1.C1CCC1. The van der Waals surface area contributed by atoms with Gasteiger partial charge in [0.2, 0.25) is 0 Å². The van der Waals surface area contributed by atoms with Gasteiger partial charge in [0.15, 0.2) is 0 Å². The van der Waals surface area contributed by atoms with Crippen LogP contribution in [0.5, 0.6) is 0 Å². The third-order valence-corrected chi connectivity index (χ3v) is 10.00. The van der Waals surface area contributed by atoms with Gasteiger partial charge >= 0.3 is 0 Å². The molecule has 10 saturated carbocycles. The standard InChI is InChI=1S/10C4H8.CH4/c10*1-2-4-3-1;/h10*1-4H2;1H4. The maximum absolute atomic E-state index is 1.50. The monoisotopic (exact) mass is 577 g/mol. The lowest BCUT2D eigenvalue weighted by atomic mass is 10.0. The molecule has 0 heterocycles. The van der Waals surface area contributed by atoms with Crippen LogP contribution in [0.25, 0.3) is 0 Å². The first-order chi connectivity index (χ1) is 20.0. The van der Waals surface area contributed by atoms with Gasteiger partial charge in [-0.15, -0.1) is 0 Å². The zero-order valence-corrected chi connectivity index (χ0v) is 28.3. The molecule has 0 aromatic carbocycles. The van der Waals surface area contributed by atoms with Gasteiger partial charge in [0.1, 0.15) is 0 Å². The summed E-state index contributed by atoms with van der Waals surface area (Å²) in [4.78, 5) is 0. The van der Waals surface area contributed by atoms with Crippen molar-refractivity contribution < 1.29 is 0 Å². The van der Waals surface area contributed by atoms with Gasteiger partial charge in [-0.25, -0.2) is 0 Å². The van der Waals surface area contributed by atoms with Gasteiger partial charge in [-0.2, -0.15) is 0 Å². The minimum Gasteiger partial charge on any atom is -0.0776 e. The molecule has 0 aliphatic heterocycles. The van der Waals surface area contributed by atoms with Crippen LogP contribution in [0.1, 0.15) is 264 Å². The summed E-state index contributed by atoms with van der Waals surface area (Å²) in [6.07, 6.45) is 60.0. The second-order valence-corrected chi connectivity index (χ2v) is 14.1. The highest BCUT2D eigenvalue weighted by Crippen LogP contribution is 2.18. The van der Waals surface area contributed by atoms with Crippen LogP contribution < -0.4 is 0 Å². The lowest BCUT2D eigenvalue weighted by molar-refractivity contribution is 0.504. The molecule has 0 nitrogen and oxygen atoms in total. The molecule has 248 valence electrons. The van der Waals surface area contributed by atoms with Crippen LogP contribution in [0.4, 0.5) is 0 Å². The van der Waals surface area contributed by atoms with E-state index in [1.54, 1.807) is 0 Å². The first kappa shape index (κ1) is 41.0. The summed E-state index contributed by atoms with van der Waals surface area (Å²) >= 11 is 0. The Morgan fingerprint density at radius 2 is 0.0976 bits per heavy atom. The molecule has 0 saturated heterocycles. The molecular formula is C41H84. The molecule has 10 fully saturated rings. The maximum atomic E-state index is 1.50. The summed E-state index contributed by atoms with van der Waals surface area (Å²) in [6.45, 7) is 0. The van der Waals surface area contributed by atoms with Crippen LogP contribution in [0.3, 0.4) is 0 Å². The fourth-order valence-corrected chi connectivity index (χ4v) is 2.50. The second kappa shape index (κ2) is 38.0. The molecule has 0 aromatic rings. The van der Waals surface area contributed by atoms with Crippen molar-refractivity contribution in [1.29, 1.82) is 0 Å². The summed E-state index contributed by atoms with van der Waals surface area (Å²) in [6, 6.07) is 0. The molecule has 0 aromatic heterocycles. The Kier molecular flexibility index (Phi) is 38.0. The molecule has 10 aliphatic carbocycles. The first-order valence-electron chi connectivity index (χ1n) is 20.0. The smallest absolute Gasteiger partial charge is 0.0533 e. The van der Waals surface area contributed by atoms with Crippen LogP contribution in [0, 0.1) is 0 Å². The van der Waals surface area contributed by atoms with E-state index in [4.69, 9.17) is 0 Å². The topological polar surface area (TPSA) is 0 Å². The number of hydrogen-bond acceptors (Lipinski definition) is 0. The molecule has 10 aliphatic rings. The molecule has 0 unspecified atom stereocenters. The molecule has 0 spiro atoms. The van der Waals surface area contributed by atoms with Gasteiger partial charge in [0.05, 0.1) is 0 Å². The van der Waals surface area contributed by atoms with Gasteiger partial charge < -0.3 is 0 Å². The molecule has 0 amide bonds. The molecular weight excluding hydrogens is 492 g/mol. The van der Waals surface area contributed by atoms with Crippen molar-refractivity contribution in [2.24, 2.45) is 0 Å². The van der Waals surface area contributed by atoms with E-state index in [9.17, 15) is 0 Å². The van der Waals surface area contributed by atoms with E-state index < -0.39 is 0 Å². The zero-order chi connectivity index (χ0) is 28.3. The van der Waals surface area contributed by atoms with Crippen LogP contribution in [-0.2, 0) is 0 Å². The first-order valence-corrected chi connectivity index (χ1v) is 20.0. The van der Waals surface area contributed by atoms with E-state index in [1.165, 1.54) is 257 Å². The minimum absolute atomic E-state index is 0. The van der Waals surface area contributed by atoms with Crippen molar-refractivity contribution in [2.75, 3.05) is 0 Å². The number of hydrogen-bond donors (Lipinski definition) is 0. The minimum atomic E-state index is 0. The Balaban J connectivity index is 0.000000432. The third-order valence-electron chi connectivity index (χ3n) is 10.00. The van der Waals surface area contributed by atoms with Gasteiger partial charge in [-0.3, -0.25) is 0 Å². The van der Waals surface area contributed by atoms with Crippen molar-refractivity contribution in [3.05, 3.63) is 0 Å². The molecule has 0 N–H and O–H groups in total. The Labute approximate surface area is 263 Å². The summed E-state index contributed by atoms with van der Waals surface area (Å²) < 4.78 is 0. The van der Waals surface area contributed by atoms with E-state index >= 15 is 0 Å². The average Bonchev–Trinajstić information content (AvgIpc) is 2.34. The van der Waals surface area contributed by atoms with Crippen molar-refractivity contribution >= 4 is 0 Å². The van der Waals surface area contributed by atoms with Crippen molar-refractivity contribution in [1.82, 2.24) is 0 Å². The van der Waals surface area contributed by atoms with Crippen LogP contribution >= 0.6 is 0 Å². The van der Waals surface area contributed by atoms with E-state index in [0.29, 0.717) is 0 Å². The Morgan fingerprint density at radius 1 is 0.0732 bits per heavy atom. The molecule has 0 bridgehead atoms. The molecule has 41 heavy (non-hydrogen) atoms. The lowest BCUT2D eigenvalue weighted by Gasteiger charge is -2.05. The predicted molar refractivity (Wildman–Crippen MR) is 191 cm³/mol. The Morgan fingerprint density at radius 3 is 0.0976 bits per heavy atom. The summed E-state index contributed by atoms with van der Waals surface area (Å²) in [5.41, 5.74) is 0. The van der Waals surface area contributed by atoms with Crippen LogP contribution in [0.15, 0.2) is 0 Å². The molecule has 0 radical (unpaired) electrons. The van der Waals surface area contributed by atoms with Gasteiger partial charge in [0.25, 0.3) is 0 Å². The van der Waals surface area contributed by atoms with E-state index in [0.717, 1.165) is 0 Å². The summed E-state index contributed by atoms with van der Waals surface area (Å²) in [5, 5.41) is 0. The summed E-state index contributed by atoms with van der Waals surface area (Å²) in [5.74, 6) is 0. The zero-order valence-electron chi connectivity index (χ0n) is 28.3. The average molecular weight is 577 g/mol. The predicted octanol–water partition coefficient (Wildman–Crippen LogP) is 16.2. The highest BCUT2D eigenvalue weighted by Gasteiger charge is 1.98. The van der Waals surface area contributed by atoms with Crippen LogP contribution in [-0.4, -0.2) is 0 Å². The Bertz CT molecular complexity index is 213. The molecule has 0 heteroatoms. The van der Waals surface area contributed by atoms with E-state index in [-0.39, 0.29) is 7.43 Å². The second-order valence-electron chi connectivity index (χ2n) is 14.1. The fourth-order valence-electron chi connectivity index (χ4n) is 2.50. The lowest BCUT2D eigenvalue weighted by Crippen LogP contribution is -1.85. The quantitative estimate of drug-likeness (QED) is 0.269.